The second kappa shape index (κ2) is 5.32. The molecule has 0 aliphatic carbocycles. The van der Waals surface area contributed by atoms with E-state index in [9.17, 15) is 4.79 Å². The Hall–Kier alpha value is -2.76. The van der Waals surface area contributed by atoms with Crippen LogP contribution in [0.3, 0.4) is 0 Å². The molecule has 106 valence electrons. The van der Waals surface area contributed by atoms with Gasteiger partial charge in [-0.3, -0.25) is 4.79 Å². The van der Waals surface area contributed by atoms with Crippen molar-refractivity contribution in [3.63, 3.8) is 0 Å². The summed E-state index contributed by atoms with van der Waals surface area (Å²) in [4.78, 5) is 21.4. The number of fused-ring (bicyclic) bond motifs is 1. The molecule has 1 N–H and O–H groups in total. The van der Waals surface area contributed by atoms with E-state index in [0.717, 1.165) is 0 Å². The van der Waals surface area contributed by atoms with Gasteiger partial charge in [0.2, 0.25) is 5.95 Å². The van der Waals surface area contributed by atoms with Crippen molar-refractivity contribution in [3.05, 3.63) is 53.5 Å². The van der Waals surface area contributed by atoms with Crippen molar-refractivity contribution in [2.45, 2.75) is 13.3 Å². The number of rotatable bonds is 4. The maximum atomic E-state index is 12.6. The summed E-state index contributed by atoms with van der Waals surface area (Å²) in [6.45, 7) is 1.97. The molecule has 0 radical (unpaired) electrons. The van der Waals surface area contributed by atoms with Crippen molar-refractivity contribution in [1.82, 2.24) is 19.6 Å². The first-order valence-electron chi connectivity index (χ1n) is 6.76. The molecule has 0 saturated carbocycles. The number of benzene rings is 1. The normalized spacial score (nSPS) is 10.8. The highest BCUT2D eigenvalue weighted by molar-refractivity contribution is 6.12. The summed E-state index contributed by atoms with van der Waals surface area (Å²) in [6, 6.07) is 9.12. The van der Waals surface area contributed by atoms with Crippen LogP contribution in [-0.4, -0.2) is 32.4 Å². The van der Waals surface area contributed by atoms with Crippen LogP contribution in [0.25, 0.3) is 5.65 Å². The van der Waals surface area contributed by atoms with Gasteiger partial charge in [-0.15, -0.1) is 0 Å². The van der Waals surface area contributed by atoms with Crippen molar-refractivity contribution < 1.29 is 4.79 Å². The van der Waals surface area contributed by atoms with Gasteiger partial charge in [-0.2, -0.15) is 14.6 Å². The lowest BCUT2D eigenvalue weighted by Crippen LogP contribution is -2.09. The van der Waals surface area contributed by atoms with Crippen LogP contribution in [0.15, 0.2) is 36.5 Å². The first-order valence-corrected chi connectivity index (χ1v) is 6.76. The minimum Gasteiger partial charge on any atom is -0.357 e. The zero-order valence-electron chi connectivity index (χ0n) is 11.9. The van der Waals surface area contributed by atoms with Gasteiger partial charge in [-0.05, 0) is 0 Å². The Labute approximate surface area is 121 Å². The molecule has 0 amide bonds. The molecular formula is C15H15N5O. The minimum atomic E-state index is -0.0894. The average molecular weight is 281 g/mol. The average Bonchev–Trinajstić information content (AvgIpc) is 2.97. The number of ketones is 1. The fraction of sp³-hybridized carbons (Fsp3) is 0.200. The summed E-state index contributed by atoms with van der Waals surface area (Å²) < 4.78 is 1.55. The van der Waals surface area contributed by atoms with E-state index in [4.69, 9.17) is 0 Å². The van der Waals surface area contributed by atoms with Gasteiger partial charge in [-0.25, -0.2) is 4.98 Å². The number of nitrogens with zero attached hydrogens (tertiary/aromatic N) is 4. The smallest absolute Gasteiger partial charge is 0.227 e. The number of carbonyl (C=O) groups excluding carboxylic acids is 1. The quantitative estimate of drug-likeness (QED) is 0.740. The second-order valence-electron chi connectivity index (χ2n) is 4.56. The highest BCUT2D eigenvalue weighted by atomic mass is 16.1. The number of nitrogens with one attached hydrogen (secondary N) is 1. The Morgan fingerprint density at radius 2 is 2.00 bits per heavy atom. The van der Waals surface area contributed by atoms with Gasteiger partial charge in [-0.1, -0.05) is 37.3 Å². The van der Waals surface area contributed by atoms with E-state index in [1.54, 1.807) is 29.9 Å². The molecule has 0 fully saturated rings. The predicted molar refractivity (Wildman–Crippen MR) is 79.6 cm³/mol. The van der Waals surface area contributed by atoms with Crippen LogP contribution < -0.4 is 5.32 Å². The topological polar surface area (TPSA) is 72.2 Å². The summed E-state index contributed by atoms with van der Waals surface area (Å²) in [6.07, 6.45) is 2.23. The molecule has 6 heteroatoms. The summed E-state index contributed by atoms with van der Waals surface area (Å²) in [5.41, 5.74) is 1.63. The van der Waals surface area contributed by atoms with Crippen LogP contribution >= 0.6 is 0 Å². The zero-order valence-corrected chi connectivity index (χ0v) is 11.9. The molecule has 2 aromatic heterocycles. The molecule has 0 atom stereocenters. The summed E-state index contributed by atoms with van der Waals surface area (Å²) in [7, 11) is 1.77. The lowest BCUT2D eigenvalue weighted by atomic mass is 10.1. The van der Waals surface area contributed by atoms with Crippen LogP contribution in [0.2, 0.25) is 0 Å². The monoisotopic (exact) mass is 281 g/mol. The Morgan fingerprint density at radius 3 is 2.67 bits per heavy atom. The number of hydrogen-bond donors (Lipinski definition) is 1. The summed E-state index contributed by atoms with van der Waals surface area (Å²) >= 11 is 0. The molecular weight excluding hydrogens is 266 g/mol. The standard InChI is InChI=1S/C15H15N5O/c1-3-12-18-14-11(9-17-20(14)15(16-2)19-12)13(21)10-7-5-4-6-8-10/h4-9H,3H2,1-2H3,(H,16,18,19). The van der Waals surface area contributed by atoms with E-state index in [0.29, 0.717) is 35.0 Å². The molecule has 6 nitrogen and oxygen atoms in total. The van der Waals surface area contributed by atoms with E-state index in [-0.39, 0.29) is 5.78 Å². The first-order chi connectivity index (χ1) is 10.2. The SMILES string of the molecule is CCc1nc(NC)n2ncc(C(=O)c3ccccc3)c2n1. The number of hydrogen-bond acceptors (Lipinski definition) is 5. The van der Waals surface area contributed by atoms with E-state index in [1.165, 1.54) is 0 Å². The number of carbonyl (C=O) groups is 1. The second-order valence-corrected chi connectivity index (χ2v) is 4.56. The Morgan fingerprint density at radius 1 is 1.24 bits per heavy atom. The van der Waals surface area contributed by atoms with Gasteiger partial charge < -0.3 is 5.32 Å². The fourth-order valence-corrected chi connectivity index (χ4v) is 2.15. The van der Waals surface area contributed by atoms with Gasteiger partial charge in [0.1, 0.15) is 5.82 Å². The molecule has 0 spiro atoms. The maximum Gasteiger partial charge on any atom is 0.227 e. The molecule has 21 heavy (non-hydrogen) atoms. The molecule has 1 aromatic carbocycles. The number of anilines is 1. The maximum absolute atomic E-state index is 12.6. The predicted octanol–water partition coefficient (Wildman–Crippen LogP) is 1.96. The van der Waals surface area contributed by atoms with Crippen molar-refractivity contribution in [2.24, 2.45) is 0 Å². The number of aryl methyl sites for hydroxylation is 1. The molecule has 0 aliphatic heterocycles. The molecule has 0 aliphatic rings. The van der Waals surface area contributed by atoms with Crippen LogP contribution in [0.1, 0.15) is 28.7 Å². The third-order valence-corrected chi connectivity index (χ3v) is 3.23. The first kappa shape index (κ1) is 13.2. The van der Waals surface area contributed by atoms with Crippen molar-refractivity contribution >= 4 is 17.4 Å². The van der Waals surface area contributed by atoms with E-state index in [2.05, 4.69) is 20.4 Å². The zero-order chi connectivity index (χ0) is 14.8. The lowest BCUT2D eigenvalue weighted by Gasteiger charge is -2.05. The van der Waals surface area contributed by atoms with Crippen LogP contribution in [0.4, 0.5) is 5.95 Å². The van der Waals surface area contributed by atoms with Crippen molar-refractivity contribution in [1.29, 1.82) is 0 Å². The van der Waals surface area contributed by atoms with Crippen molar-refractivity contribution in [3.8, 4) is 0 Å². The lowest BCUT2D eigenvalue weighted by molar-refractivity contribution is 0.104. The van der Waals surface area contributed by atoms with Gasteiger partial charge in [0.25, 0.3) is 0 Å². The Balaban J connectivity index is 2.18. The van der Waals surface area contributed by atoms with E-state index >= 15 is 0 Å². The molecule has 3 aromatic rings. The highest BCUT2D eigenvalue weighted by Gasteiger charge is 2.18. The molecule has 2 heterocycles. The largest absolute Gasteiger partial charge is 0.357 e. The van der Waals surface area contributed by atoms with Gasteiger partial charge in [0.15, 0.2) is 11.4 Å². The summed E-state index contributed by atoms with van der Waals surface area (Å²) in [5, 5.41) is 7.19. The van der Waals surface area contributed by atoms with Gasteiger partial charge in [0.05, 0.1) is 11.8 Å². The van der Waals surface area contributed by atoms with Crippen LogP contribution in [0, 0.1) is 0 Å². The fourth-order valence-electron chi connectivity index (χ4n) is 2.15. The van der Waals surface area contributed by atoms with E-state index in [1.807, 2.05) is 25.1 Å². The van der Waals surface area contributed by atoms with Crippen molar-refractivity contribution in [2.75, 3.05) is 12.4 Å². The Kier molecular flexibility index (Phi) is 3.35. The van der Waals surface area contributed by atoms with Crippen LogP contribution in [-0.2, 0) is 6.42 Å². The third-order valence-electron chi connectivity index (χ3n) is 3.23. The van der Waals surface area contributed by atoms with Crippen LogP contribution in [0.5, 0.6) is 0 Å². The third kappa shape index (κ3) is 2.24. The van der Waals surface area contributed by atoms with Gasteiger partial charge >= 0.3 is 0 Å². The van der Waals surface area contributed by atoms with E-state index < -0.39 is 0 Å². The summed E-state index contributed by atoms with van der Waals surface area (Å²) in [5.74, 6) is 1.16. The Bertz CT molecular complexity index is 794. The number of aromatic nitrogens is 4. The van der Waals surface area contributed by atoms with Gasteiger partial charge in [0, 0.05) is 19.0 Å². The molecule has 0 bridgehead atoms. The molecule has 3 rings (SSSR count). The molecule has 0 saturated heterocycles. The highest BCUT2D eigenvalue weighted by Crippen LogP contribution is 2.17. The molecule has 0 unspecified atom stereocenters. The minimum absolute atomic E-state index is 0.0894.